The number of urea groups is 1. The highest BCUT2D eigenvalue weighted by atomic mass is 16.5. The number of rotatable bonds is 8. The van der Waals surface area contributed by atoms with Crippen LogP contribution in [0.2, 0.25) is 0 Å². The predicted molar refractivity (Wildman–Crippen MR) is 131 cm³/mol. The fourth-order valence-corrected chi connectivity index (χ4v) is 5.27. The van der Waals surface area contributed by atoms with Crippen molar-refractivity contribution >= 4 is 22.9 Å². The van der Waals surface area contributed by atoms with Gasteiger partial charge in [-0.25, -0.2) is 4.79 Å². The van der Waals surface area contributed by atoms with Gasteiger partial charge in [-0.3, -0.25) is 14.6 Å². The summed E-state index contributed by atoms with van der Waals surface area (Å²) in [6.45, 7) is 3.08. The van der Waals surface area contributed by atoms with Crippen LogP contribution in [-0.4, -0.2) is 72.6 Å². The molecule has 0 atom stereocenters. The molecule has 35 heavy (non-hydrogen) atoms. The lowest BCUT2D eigenvalue weighted by Crippen LogP contribution is -2.57. The number of fused-ring (bicyclic) bond motifs is 1. The Labute approximate surface area is 205 Å². The number of nitrogens with zero attached hydrogens (tertiary/aromatic N) is 3. The molecule has 2 aliphatic rings. The molecule has 0 bridgehead atoms. The van der Waals surface area contributed by atoms with Crippen LogP contribution in [0.3, 0.4) is 0 Å². The van der Waals surface area contributed by atoms with Gasteiger partial charge >= 0.3 is 6.03 Å². The van der Waals surface area contributed by atoms with E-state index in [1.807, 2.05) is 48.5 Å². The first kappa shape index (κ1) is 23.4. The van der Waals surface area contributed by atoms with Gasteiger partial charge < -0.3 is 18.8 Å². The first-order chi connectivity index (χ1) is 17.0. The number of hydrogen-bond acceptors (Lipinski definition) is 6. The summed E-state index contributed by atoms with van der Waals surface area (Å²) in [7, 11) is 3.21. The molecule has 0 saturated carbocycles. The molecule has 5 rings (SSSR count). The number of imide groups is 1. The van der Waals surface area contributed by atoms with E-state index in [9.17, 15) is 9.59 Å². The van der Waals surface area contributed by atoms with Gasteiger partial charge in [-0.1, -0.05) is 30.3 Å². The Hall–Kier alpha value is -3.36. The predicted octanol–water partition coefficient (Wildman–Crippen LogP) is 3.89. The maximum Gasteiger partial charge on any atom is 0.328 e. The highest BCUT2D eigenvalue weighted by Gasteiger charge is 2.57. The summed E-state index contributed by atoms with van der Waals surface area (Å²) in [5, 5.41) is 1.09. The molecule has 0 aliphatic carbocycles. The summed E-state index contributed by atoms with van der Waals surface area (Å²) < 4.78 is 16.6. The summed E-state index contributed by atoms with van der Waals surface area (Å²) >= 11 is 0. The fraction of sp³-hybridized carbons (Fsp3) is 0.407. The van der Waals surface area contributed by atoms with Crippen molar-refractivity contribution in [3.63, 3.8) is 0 Å². The second-order valence-corrected chi connectivity index (χ2v) is 9.23. The topological polar surface area (TPSA) is 75.5 Å². The van der Waals surface area contributed by atoms with Gasteiger partial charge in [-0.05, 0) is 42.7 Å². The molecule has 3 aromatic rings. The van der Waals surface area contributed by atoms with Gasteiger partial charge in [0.2, 0.25) is 0 Å². The van der Waals surface area contributed by atoms with Gasteiger partial charge in [-0.2, -0.15) is 0 Å². The van der Waals surface area contributed by atoms with Crippen LogP contribution in [0.15, 0.2) is 59.0 Å². The molecule has 1 aromatic heterocycles. The van der Waals surface area contributed by atoms with E-state index >= 15 is 0 Å². The highest BCUT2D eigenvalue weighted by Crippen LogP contribution is 2.38. The number of likely N-dealkylation sites (tertiary alicyclic amines) is 1. The van der Waals surface area contributed by atoms with E-state index < -0.39 is 5.54 Å². The number of para-hydroxylation sites is 1. The molecule has 2 fully saturated rings. The Bertz CT molecular complexity index is 1180. The van der Waals surface area contributed by atoms with Crippen LogP contribution in [0, 0.1) is 0 Å². The first-order valence-electron chi connectivity index (χ1n) is 12.0. The monoisotopic (exact) mass is 477 g/mol. The van der Waals surface area contributed by atoms with E-state index in [1.54, 1.807) is 19.1 Å². The summed E-state index contributed by atoms with van der Waals surface area (Å²) in [4.78, 5) is 32.6. The van der Waals surface area contributed by atoms with E-state index in [1.165, 1.54) is 4.90 Å². The lowest BCUT2D eigenvalue weighted by atomic mass is 9.85. The minimum atomic E-state index is -0.834. The fourth-order valence-electron chi connectivity index (χ4n) is 5.27. The minimum Gasteiger partial charge on any atom is -0.497 e. The van der Waals surface area contributed by atoms with Crippen molar-refractivity contribution in [3.05, 3.63) is 65.9 Å². The molecule has 2 saturated heterocycles. The Morgan fingerprint density at radius 2 is 1.77 bits per heavy atom. The van der Waals surface area contributed by atoms with Crippen molar-refractivity contribution in [2.75, 3.05) is 40.5 Å². The van der Waals surface area contributed by atoms with Gasteiger partial charge in [0.05, 0.1) is 26.8 Å². The van der Waals surface area contributed by atoms with Crippen LogP contribution in [0.5, 0.6) is 5.75 Å². The minimum absolute atomic E-state index is 0.121. The van der Waals surface area contributed by atoms with Gasteiger partial charge in [0.15, 0.2) is 0 Å². The molecule has 8 nitrogen and oxygen atoms in total. The van der Waals surface area contributed by atoms with Crippen molar-refractivity contribution in [1.29, 1.82) is 0 Å². The number of amides is 3. The first-order valence-corrected chi connectivity index (χ1v) is 12.0. The van der Waals surface area contributed by atoms with Crippen LogP contribution < -0.4 is 4.74 Å². The van der Waals surface area contributed by atoms with Crippen LogP contribution in [0.4, 0.5) is 4.79 Å². The largest absolute Gasteiger partial charge is 0.497 e. The second-order valence-electron chi connectivity index (χ2n) is 9.23. The van der Waals surface area contributed by atoms with Crippen molar-refractivity contribution in [2.45, 2.75) is 31.5 Å². The number of ether oxygens (including phenoxy) is 2. The average Bonchev–Trinajstić information content (AvgIpc) is 3.37. The lowest BCUT2D eigenvalue weighted by molar-refractivity contribution is -0.136. The van der Waals surface area contributed by atoms with E-state index in [2.05, 4.69) is 11.0 Å². The lowest BCUT2D eigenvalue weighted by Gasteiger charge is -2.42. The number of methoxy groups -OCH3 is 2. The smallest absolute Gasteiger partial charge is 0.328 e. The SMILES string of the molecule is COCCN1C(=O)N(Cc2cccc(OC)c2)C(=O)C12CCN(Cc1cc3ccccc3o1)CC2. The zero-order valence-corrected chi connectivity index (χ0v) is 20.2. The second kappa shape index (κ2) is 9.71. The number of carbonyl (C=O) groups excluding carboxylic acids is 2. The zero-order valence-electron chi connectivity index (χ0n) is 20.2. The molecule has 0 unspecified atom stereocenters. The summed E-state index contributed by atoms with van der Waals surface area (Å²) in [5.74, 6) is 1.49. The zero-order chi connectivity index (χ0) is 24.4. The van der Waals surface area contributed by atoms with Crippen molar-refractivity contribution in [2.24, 2.45) is 0 Å². The standard InChI is InChI=1S/C27H31N3O5/c1-33-15-14-30-26(32)29(18-20-6-5-8-22(16-20)34-2)25(31)27(30)10-12-28(13-11-27)19-23-17-21-7-3-4-9-24(21)35-23/h3-9,16-17H,10-15,18-19H2,1-2H3. The van der Waals surface area contributed by atoms with Crippen LogP contribution >= 0.6 is 0 Å². The third-order valence-electron chi connectivity index (χ3n) is 7.15. The van der Waals surface area contributed by atoms with Gasteiger partial charge in [0.1, 0.15) is 22.6 Å². The quantitative estimate of drug-likeness (QED) is 0.459. The molecule has 2 aliphatic heterocycles. The van der Waals surface area contributed by atoms with Crippen LogP contribution in [0.25, 0.3) is 11.0 Å². The number of hydrogen-bond donors (Lipinski definition) is 0. The summed E-state index contributed by atoms with van der Waals surface area (Å²) in [6, 6.07) is 17.3. The Morgan fingerprint density at radius 1 is 0.971 bits per heavy atom. The highest BCUT2D eigenvalue weighted by molar-refractivity contribution is 6.07. The van der Waals surface area contributed by atoms with Gasteiger partial charge in [0.25, 0.3) is 5.91 Å². The molecule has 3 heterocycles. The number of carbonyl (C=O) groups is 2. The van der Waals surface area contributed by atoms with Crippen molar-refractivity contribution < 1.29 is 23.5 Å². The summed E-state index contributed by atoms with van der Waals surface area (Å²) in [6.07, 6.45) is 1.16. The van der Waals surface area contributed by atoms with E-state index in [4.69, 9.17) is 13.9 Å². The molecular weight excluding hydrogens is 446 g/mol. The Balaban J connectivity index is 1.32. The van der Waals surface area contributed by atoms with Gasteiger partial charge in [-0.15, -0.1) is 0 Å². The van der Waals surface area contributed by atoms with Crippen LogP contribution in [0.1, 0.15) is 24.2 Å². The third-order valence-corrected chi connectivity index (χ3v) is 7.15. The molecule has 184 valence electrons. The molecular formula is C27H31N3O5. The van der Waals surface area contributed by atoms with Gasteiger partial charge in [0, 0.05) is 32.1 Å². The normalized spacial score (nSPS) is 18.2. The van der Waals surface area contributed by atoms with E-state index in [-0.39, 0.29) is 18.5 Å². The summed E-state index contributed by atoms with van der Waals surface area (Å²) in [5.41, 5.74) is 0.905. The average molecular weight is 478 g/mol. The molecule has 1 spiro atoms. The number of benzene rings is 2. The number of furan rings is 1. The maximum absolute atomic E-state index is 13.8. The molecule has 2 aromatic carbocycles. The third kappa shape index (κ3) is 4.39. The molecule has 8 heteroatoms. The molecule has 0 radical (unpaired) electrons. The van der Waals surface area contributed by atoms with Crippen LogP contribution in [-0.2, 0) is 22.6 Å². The maximum atomic E-state index is 13.8. The van der Waals surface area contributed by atoms with E-state index in [0.29, 0.717) is 51.4 Å². The Morgan fingerprint density at radius 3 is 2.51 bits per heavy atom. The van der Waals surface area contributed by atoms with E-state index in [0.717, 1.165) is 22.3 Å². The molecule has 0 N–H and O–H groups in total. The van der Waals surface area contributed by atoms with Crippen molar-refractivity contribution in [1.82, 2.24) is 14.7 Å². The Kier molecular flexibility index (Phi) is 6.49. The number of piperidine rings is 1. The van der Waals surface area contributed by atoms with Crippen molar-refractivity contribution in [3.8, 4) is 5.75 Å². The molecule has 3 amide bonds.